The van der Waals surface area contributed by atoms with E-state index < -0.39 is 0 Å². The summed E-state index contributed by atoms with van der Waals surface area (Å²) in [6.07, 6.45) is 18.7. The van der Waals surface area contributed by atoms with E-state index in [0.29, 0.717) is 11.8 Å². The fourth-order valence-electron chi connectivity index (χ4n) is 4.94. The van der Waals surface area contributed by atoms with E-state index in [4.69, 9.17) is 0 Å². The molecule has 1 aliphatic carbocycles. The first-order chi connectivity index (χ1) is 13.4. The van der Waals surface area contributed by atoms with Crippen LogP contribution in [-0.4, -0.2) is 30.9 Å². The fraction of sp³-hybridized carbons (Fsp3) is 0.957. The number of rotatable bonds is 15. The molecule has 166 valence electrons. The molecule has 0 aromatic carbocycles. The van der Waals surface area contributed by atoms with Crippen molar-refractivity contribution in [3.63, 3.8) is 0 Å². The maximum Gasteiger partial charge on any atom is 0.315 e. The molecule has 0 spiro atoms. The Bertz CT molecular complexity index is 395. The van der Waals surface area contributed by atoms with Crippen molar-refractivity contribution < 1.29 is 4.79 Å². The fourth-order valence-corrected chi connectivity index (χ4v) is 5.28. The van der Waals surface area contributed by atoms with Gasteiger partial charge in [0.25, 0.3) is 0 Å². The maximum atomic E-state index is 12.2. The maximum absolute atomic E-state index is 12.2. The Balaban J connectivity index is 1.90. The lowest BCUT2D eigenvalue weighted by atomic mass is 9.73. The quantitative estimate of drug-likeness (QED) is 0.219. The number of carbonyl (C=O) groups is 1. The molecular formula is C23H47N3OS. The number of carbonyl (C=O) groups excluding carboxylic acids is 1. The molecule has 1 aliphatic rings. The summed E-state index contributed by atoms with van der Waals surface area (Å²) in [7, 11) is 0. The Morgan fingerprint density at radius 2 is 1.32 bits per heavy atom. The van der Waals surface area contributed by atoms with Crippen LogP contribution < -0.4 is 15.4 Å². The highest BCUT2D eigenvalue weighted by atomic mass is 32.2. The molecule has 2 amide bonds. The highest BCUT2D eigenvalue weighted by molar-refractivity contribution is 7.96. The summed E-state index contributed by atoms with van der Waals surface area (Å²) in [6, 6.07) is 0.0246. The molecule has 1 rings (SSSR count). The first-order valence-corrected chi connectivity index (χ1v) is 13.0. The van der Waals surface area contributed by atoms with Gasteiger partial charge in [-0.25, -0.2) is 4.79 Å². The van der Waals surface area contributed by atoms with E-state index in [1.54, 1.807) is 11.9 Å². The first kappa shape index (κ1) is 25.6. The molecule has 5 heteroatoms. The van der Waals surface area contributed by atoms with Crippen LogP contribution in [-0.2, 0) is 0 Å². The van der Waals surface area contributed by atoms with E-state index in [0.717, 1.165) is 32.4 Å². The minimum atomic E-state index is -0.0351. The van der Waals surface area contributed by atoms with E-state index in [1.165, 1.54) is 64.2 Å². The molecule has 0 saturated heterocycles. The summed E-state index contributed by atoms with van der Waals surface area (Å²) in [6.45, 7) is 8.76. The second-order valence-electron chi connectivity index (χ2n) is 9.43. The van der Waals surface area contributed by atoms with Crippen LogP contribution in [0.1, 0.15) is 104 Å². The monoisotopic (exact) mass is 413 g/mol. The number of nitrogens with one attached hydrogen (secondary N) is 3. The Morgan fingerprint density at radius 3 is 1.82 bits per heavy atom. The van der Waals surface area contributed by atoms with E-state index >= 15 is 0 Å². The van der Waals surface area contributed by atoms with Gasteiger partial charge in [0.15, 0.2) is 0 Å². The molecule has 0 aromatic rings. The van der Waals surface area contributed by atoms with Crippen molar-refractivity contribution in [2.75, 3.05) is 19.3 Å². The van der Waals surface area contributed by atoms with Gasteiger partial charge in [0.05, 0.1) is 0 Å². The summed E-state index contributed by atoms with van der Waals surface area (Å²) in [5.41, 5.74) is -0.0351. The summed E-state index contributed by atoms with van der Waals surface area (Å²) in [4.78, 5) is 12.2. The average Bonchev–Trinajstić information content (AvgIpc) is 2.60. The molecule has 1 fully saturated rings. The van der Waals surface area contributed by atoms with E-state index in [2.05, 4.69) is 42.4 Å². The minimum Gasteiger partial charge on any atom is -0.338 e. The van der Waals surface area contributed by atoms with Crippen LogP contribution in [0.25, 0.3) is 0 Å². The van der Waals surface area contributed by atoms with Crippen molar-refractivity contribution in [3.8, 4) is 0 Å². The topological polar surface area (TPSA) is 53.2 Å². The zero-order valence-electron chi connectivity index (χ0n) is 19.1. The first-order valence-electron chi connectivity index (χ1n) is 11.8. The van der Waals surface area contributed by atoms with Gasteiger partial charge in [-0.05, 0) is 57.1 Å². The van der Waals surface area contributed by atoms with Crippen molar-refractivity contribution in [3.05, 3.63) is 0 Å². The number of hydrogen-bond acceptors (Lipinski definition) is 3. The molecule has 1 saturated carbocycles. The van der Waals surface area contributed by atoms with E-state index in [9.17, 15) is 4.79 Å². The molecule has 0 bridgehead atoms. The predicted octanol–water partition coefficient (Wildman–Crippen LogP) is 6.27. The number of amides is 2. The number of unbranched alkanes of at least 4 members (excludes halogenated alkanes) is 9. The summed E-state index contributed by atoms with van der Waals surface area (Å²) in [5.74, 6) is 1.40. The van der Waals surface area contributed by atoms with Crippen LogP contribution in [0.3, 0.4) is 0 Å². The second kappa shape index (κ2) is 15.4. The predicted molar refractivity (Wildman–Crippen MR) is 125 cm³/mol. The van der Waals surface area contributed by atoms with Crippen molar-refractivity contribution in [2.45, 2.75) is 110 Å². The molecule has 2 atom stereocenters. The van der Waals surface area contributed by atoms with Gasteiger partial charge in [0, 0.05) is 18.6 Å². The van der Waals surface area contributed by atoms with Gasteiger partial charge in [0.1, 0.15) is 0 Å². The molecule has 0 aromatic heterocycles. The average molecular weight is 414 g/mol. The zero-order chi connectivity index (χ0) is 20.7. The van der Waals surface area contributed by atoms with Gasteiger partial charge in [0.2, 0.25) is 0 Å². The van der Waals surface area contributed by atoms with Crippen molar-refractivity contribution >= 4 is 18.0 Å². The van der Waals surface area contributed by atoms with Crippen LogP contribution in [0.2, 0.25) is 0 Å². The lowest BCUT2D eigenvalue weighted by Gasteiger charge is -2.40. The third-order valence-corrected chi connectivity index (χ3v) is 6.45. The lowest BCUT2D eigenvalue weighted by molar-refractivity contribution is 0.159. The number of urea groups is 1. The molecule has 28 heavy (non-hydrogen) atoms. The van der Waals surface area contributed by atoms with Gasteiger partial charge < -0.3 is 10.6 Å². The molecule has 2 unspecified atom stereocenters. The smallest absolute Gasteiger partial charge is 0.315 e. The van der Waals surface area contributed by atoms with Crippen molar-refractivity contribution in [1.82, 2.24) is 15.4 Å². The highest BCUT2D eigenvalue weighted by Gasteiger charge is 2.34. The van der Waals surface area contributed by atoms with Gasteiger partial charge in [-0.2, -0.15) is 0 Å². The molecule has 3 N–H and O–H groups in total. The van der Waals surface area contributed by atoms with Crippen LogP contribution in [0.5, 0.6) is 0 Å². The molecule has 0 heterocycles. The van der Waals surface area contributed by atoms with Crippen molar-refractivity contribution in [1.29, 1.82) is 0 Å². The summed E-state index contributed by atoms with van der Waals surface area (Å²) < 4.78 is 3.30. The number of hydrogen-bond donors (Lipinski definition) is 3. The SMILES string of the molecule is CSNCCCCCCCCCCCCNC(=O)NC1(C)CC(C)CC(C)C1. The lowest BCUT2D eigenvalue weighted by Crippen LogP contribution is -2.53. The standard InChI is InChI=1S/C23H47N3OS/c1-20-17-21(2)19-23(3,18-20)26-22(27)24-15-13-11-9-7-5-6-8-10-12-14-16-25-28-4/h20-21,25H,5-19H2,1-4H3,(H2,24,26,27). The summed E-state index contributed by atoms with van der Waals surface area (Å²) >= 11 is 1.72. The zero-order valence-corrected chi connectivity index (χ0v) is 19.9. The van der Waals surface area contributed by atoms with Crippen LogP contribution in [0.4, 0.5) is 4.79 Å². The van der Waals surface area contributed by atoms with Gasteiger partial charge in [-0.15, -0.1) is 0 Å². The van der Waals surface area contributed by atoms with E-state index in [-0.39, 0.29) is 11.6 Å². The van der Waals surface area contributed by atoms with Gasteiger partial charge >= 0.3 is 6.03 Å². The third-order valence-electron chi connectivity index (χ3n) is 5.95. The normalized spacial score (nSPS) is 24.9. The Labute approximate surface area is 179 Å². The molecule has 4 nitrogen and oxygen atoms in total. The van der Waals surface area contributed by atoms with E-state index in [1.807, 2.05) is 0 Å². The minimum absolute atomic E-state index is 0.0246. The van der Waals surface area contributed by atoms with Gasteiger partial charge in [-0.1, -0.05) is 77.2 Å². The van der Waals surface area contributed by atoms with Crippen LogP contribution in [0.15, 0.2) is 0 Å². The second-order valence-corrected chi connectivity index (χ2v) is 10.1. The van der Waals surface area contributed by atoms with Gasteiger partial charge in [-0.3, -0.25) is 4.72 Å². The Kier molecular flexibility index (Phi) is 14.1. The Hall–Kier alpha value is -0.420. The van der Waals surface area contributed by atoms with Crippen LogP contribution in [0, 0.1) is 11.8 Å². The third kappa shape index (κ3) is 12.9. The Morgan fingerprint density at radius 1 is 0.857 bits per heavy atom. The van der Waals surface area contributed by atoms with Crippen molar-refractivity contribution in [2.24, 2.45) is 11.8 Å². The highest BCUT2D eigenvalue weighted by Crippen LogP contribution is 2.35. The largest absolute Gasteiger partial charge is 0.338 e. The molecule has 0 aliphatic heterocycles. The summed E-state index contributed by atoms with van der Waals surface area (Å²) in [5, 5.41) is 6.32. The molecular weight excluding hydrogens is 366 g/mol. The molecule has 0 radical (unpaired) electrons. The van der Waals surface area contributed by atoms with Crippen LogP contribution >= 0.6 is 11.9 Å².